The van der Waals surface area contributed by atoms with Gasteiger partial charge in [-0.1, -0.05) is 0 Å². The van der Waals surface area contributed by atoms with E-state index in [9.17, 15) is 0 Å². The van der Waals surface area contributed by atoms with E-state index in [0.717, 1.165) is 23.9 Å². The van der Waals surface area contributed by atoms with Gasteiger partial charge in [-0.05, 0) is 32.4 Å². The monoisotopic (exact) mass is 312 g/mol. The van der Waals surface area contributed by atoms with Crippen LogP contribution in [0.1, 0.15) is 28.4 Å². The number of nitrogens with zero attached hydrogens (tertiary/aromatic N) is 2. The van der Waals surface area contributed by atoms with Crippen molar-refractivity contribution in [1.29, 1.82) is 0 Å². The van der Waals surface area contributed by atoms with E-state index >= 15 is 0 Å². The molecule has 2 rings (SSSR count). The Bertz CT molecular complexity index is 450. The average Bonchev–Trinajstić information content (AvgIpc) is 2.77. The van der Waals surface area contributed by atoms with Crippen LogP contribution in [0.4, 0.5) is 0 Å². The van der Waals surface area contributed by atoms with E-state index in [-0.39, 0.29) is 0 Å². The van der Waals surface area contributed by atoms with E-state index in [1.807, 2.05) is 18.8 Å². The molecule has 2 N–H and O–H groups in total. The minimum Gasteiger partial charge on any atom is -0.356 e. The van der Waals surface area contributed by atoms with Gasteiger partial charge in [-0.15, -0.1) is 11.3 Å². The molecule has 112 valence electrons. The van der Waals surface area contributed by atoms with Crippen LogP contribution >= 0.6 is 23.1 Å². The lowest BCUT2D eigenvalue weighted by Gasteiger charge is -2.24. The highest BCUT2D eigenvalue weighted by Gasteiger charge is 2.14. The molecule has 6 heteroatoms. The minimum absolute atomic E-state index is 0.562. The van der Waals surface area contributed by atoms with Gasteiger partial charge in [-0.2, -0.15) is 11.8 Å². The first-order valence-corrected chi connectivity index (χ1v) is 9.14. The standard InChI is InChI=1S/C14H24N4S2/c1-10-13(20-11(2)17-10)6-7-16-14(15-3)18-12-5-4-8-19-9-12/h12H,4-9H2,1-3H3,(H2,15,16,18). The van der Waals surface area contributed by atoms with Crippen molar-refractivity contribution < 1.29 is 0 Å². The summed E-state index contributed by atoms with van der Waals surface area (Å²) in [6.45, 7) is 5.06. The SMILES string of the molecule is CN=C(NCCc1sc(C)nc1C)NC1CCCSC1. The topological polar surface area (TPSA) is 49.3 Å². The second-order valence-electron chi connectivity index (χ2n) is 5.05. The molecule has 0 aliphatic carbocycles. The summed E-state index contributed by atoms with van der Waals surface area (Å²) in [5, 5.41) is 8.08. The number of aliphatic imine (C=N–C) groups is 1. The van der Waals surface area contributed by atoms with E-state index in [1.54, 1.807) is 11.3 Å². The molecule has 1 aromatic rings. The third kappa shape index (κ3) is 4.66. The summed E-state index contributed by atoms with van der Waals surface area (Å²) in [5.41, 5.74) is 1.17. The lowest BCUT2D eigenvalue weighted by molar-refractivity contribution is 0.582. The fourth-order valence-corrected chi connectivity index (χ4v) is 4.35. The zero-order valence-corrected chi connectivity index (χ0v) is 14.2. The molecule has 1 fully saturated rings. The van der Waals surface area contributed by atoms with Crippen LogP contribution in [0.3, 0.4) is 0 Å². The van der Waals surface area contributed by atoms with Gasteiger partial charge in [0.2, 0.25) is 0 Å². The van der Waals surface area contributed by atoms with Crippen LogP contribution < -0.4 is 10.6 Å². The first-order valence-electron chi connectivity index (χ1n) is 7.17. The molecule has 1 aromatic heterocycles. The average molecular weight is 313 g/mol. The van der Waals surface area contributed by atoms with Gasteiger partial charge in [-0.25, -0.2) is 4.98 Å². The zero-order chi connectivity index (χ0) is 14.4. The van der Waals surface area contributed by atoms with Crippen LogP contribution in [0.25, 0.3) is 0 Å². The molecule has 0 radical (unpaired) electrons. The van der Waals surface area contributed by atoms with Crippen LogP contribution in [0.15, 0.2) is 4.99 Å². The number of rotatable bonds is 4. The second-order valence-corrected chi connectivity index (χ2v) is 7.49. The predicted molar refractivity (Wildman–Crippen MR) is 90.1 cm³/mol. The van der Waals surface area contributed by atoms with E-state index < -0.39 is 0 Å². The molecular weight excluding hydrogens is 288 g/mol. The van der Waals surface area contributed by atoms with E-state index in [1.165, 1.54) is 34.9 Å². The van der Waals surface area contributed by atoms with Gasteiger partial charge in [0.05, 0.1) is 10.7 Å². The Hall–Kier alpha value is -0.750. The normalized spacial score (nSPS) is 19.9. The minimum atomic E-state index is 0.562. The summed E-state index contributed by atoms with van der Waals surface area (Å²) in [4.78, 5) is 10.2. The highest BCUT2D eigenvalue weighted by Crippen LogP contribution is 2.17. The highest BCUT2D eigenvalue weighted by molar-refractivity contribution is 7.99. The Morgan fingerprint density at radius 2 is 2.30 bits per heavy atom. The number of aromatic nitrogens is 1. The van der Waals surface area contributed by atoms with Gasteiger partial charge in [-0.3, -0.25) is 4.99 Å². The molecule has 2 heterocycles. The number of thiazole rings is 1. The van der Waals surface area contributed by atoms with Crippen molar-refractivity contribution in [3.8, 4) is 0 Å². The predicted octanol–water partition coefficient (Wildman–Crippen LogP) is 2.36. The van der Waals surface area contributed by atoms with Gasteiger partial charge in [0, 0.05) is 36.7 Å². The van der Waals surface area contributed by atoms with E-state index in [0.29, 0.717) is 6.04 Å². The summed E-state index contributed by atoms with van der Waals surface area (Å²) < 4.78 is 0. The maximum Gasteiger partial charge on any atom is 0.191 e. The largest absolute Gasteiger partial charge is 0.356 e. The van der Waals surface area contributed by atoms with Crippen molar-refractivity contribution in [2.45, 2.75) is 39.2 Å². The molecule has 20 heavy (non-hydrogen) atoms. The number of hydrogen-bond donors (Lipinski definition) is 2. The van der Waals surface area contributed by atoms with E-state index in [4.69, 9.17) is 0 Å². The van der Waals surface area contributed by atoms with Crippen molar-refractivity contribution in [2.75, 3.05) is 25.1 Å². The van der Waals surface area contributed by atoms with Crippen molar-refractivity contribution in [3.05, 3.63) is 15.6 Å². The summed E-state index contributed by atoms with van der Waals surface area (Å²) in [7, 11) is 1.84. The molecule has 1 aliphatic rings. The number of thioether (sulfide) groups is 1. The van der Waals surface area contributed by atoms with Gasteiger partial charge < -0.3 is 10.6 Å². The summed E-state index contributed by atoms with van der Waals surface area (Å²) >= 11 is 3.82. The molecule has 0 spiro atoms. The first-order chi connectivity index (χ1) is 9.69. The summed E-state index contributed by atoms with van der Waals surface area (Å²) in [5.74, 6) is 3.42. The van der Waals surface area contributed by atoms with Crippen LogP contribution in [-0.4, -0.2) is 42.1 Å². The molecule has 0 saturated carbocycles. The Labute approximate surface area is 129 Å². The third-order valence-corrected chi connectivity index (χ3v) is 5.72. The summed E-state index contributed by atoms with van der Waals surface area (Å²) in [6.07, 6.45) is 3.57. The highest BCUT2D eigenvalue weighted by atomic mass is 32.2. The van der Waals surface area contributed by atoms with Crippen LogP contribution in [0.2, 0.25) is 0 Å². The smallest absolute Gasteiger partial charge is 0.191 e. The van der Waals surface area contributed by atoms with Crippen LogP contribution in [0, 0.1) is 13.8 Å². The van der Waals surface area contributed by atoms with Gasteiger partial charge in [0.25, 0.3) is 0 Å². The van der Waals surface area contributed by atoms with Crippen LogP contribution in [-0.2, 0) is 6.42 Å². The fourth-order valence-electron chi connectivity index (χ4n) is 2.34. The molecule has 1 atom stereocenters. The molecule has 1 aliphatic heterocycles. The first kappa shape index (κ1) is 15.6. The molecule has 4 nitrogen and oxygen atoms in total. The van der Waals surface area contributed by atoms with Crippen molar-refractivity contribution >= 4 is 29.1 Å². The number of hydrogen-bond acceptors (Lipinski definition) is 4. The third-order valence-electron chi connectivity index (χ3n) is 3.37. The van der Waals surface area contributed by atoms with Crippen molar-refractivity contribution in [3.63, 3.8) is 0 Å². The van der Waals surface area contributed by atoms with Crippen molar-refractivity contribution in [2.24, 2.45) is 4.99 Å². The maximum atomic E-state index is 4.46. The lowest BCUT2D eigenvalue weighted by atomic mass is 10.2. The molecule has 1 saturated heterocycles. The maximum absolute atomic E-state index is 4.46. The number of guanidine groups is 1. The van der Waals surface area contributed by atoms with Crippen molar-refractivity contribution in [1.82, 2.24) is 15.6 Å². The Morgan fingerprint density at radius 3 is 2.90 bits per heavy atom. The Kier molecular flexibility index (Phi) is 6.16. The summed E-state index contributed by atoms with van der Waals surface area (Å²) in [6, 6.07) is 0.562. The Balaban J connectivity index is 1.75. The van der Waals surface area contributed by atoms with E-state index in [2.05, 4.69) is 34.5 Å². The second kappa shape index (κ2) is 7.88. The molecular formula is C14H24N4S2. The number of nitrogens with one attached hydrogen (secondary N) is 2. The molecule has 0 bridgehead atoms. The lowest BCUT2D eigenvalue weighted by Crippen LogP contribution is -2.46. The molecule has 0 amide bonds. The van der Waals surface area contributed by atoms with Gasteiger partial charge >= 0.3 is 0 Å². The fraction of sp³-hybridized carbons (Fsp3) is 0.714. The zero-order valence-electron chi connectivity index (χ0n) is 12.5. The van der Waals surface area contributed by atoms with Gasteiger partial charge in [0.1, 0.15) is 0 Å². The Morgan fingerprint density at radius 1 is 1.45 bits per heavy atom. The quantitative estimate of drug-likeness (QED) is 0.662. The molecule has 1 unspecified atom stereocenters. The van der Waals surface area contributed by atoms with Crippen LogP contribution in [0.5, 0.6) is 0 Å². The molecule has 0 aromatic carbocycles. The van der Waals surface area contributed by atoms with Gasteiger partial charge in [0.15, 0.2) is 5.96 Å². The number of aryl methyl sites for hydroxylation is 2.